The molecule has 102 valence electrons. The van der Waals surface area contributed by atoms with Gasteiger partial charge in [0.05, 0.1) is 7.11 Å². The first-order valence-electron chi connectivity index (χ1n) is 6.20. The third-order valence-corrected chi connectivity index (χ3v) is 2.59. The van der Waals surface area contributed by atoms with E-state index >= 15 is 0 Å². The van der Waals surface area contributed by atoms with Crippen molar-refractivity contribution in [2.75, 3.05) is 37.4 Å². The molecule has 18 heavy (non-hydrogen) atoms. The second-order valence-electron chi connectivity index (χ2n) is 4.13. The molecule has 0 radical (unpaired) electrons. The van der Waals surface area contributed by atoms with Gasteiger partial charge in [-0.2, -0.15) is 0 Å². The van der Waals surface area contributed by atoms with Gasteiger partial charge in [-0.15, -0.1) is 0 Å². The van der Waals surface area contributed by atoms with Gasteiger partial charge in [0.25, 0.3) is 0 Å². The molecule has 0 spiro atoms. The van der Waals surface area contributed by atoms with Gasteiger partial charge < -0.3 is 20.5 Å². The van der Waals surface area contributed by atoms with Crippen LogP contribution in [-0.4, -0.2) is 41.9 Å². The number of nitrogens with zero attached hydrogens (tertiary/aromatic N) is 2. The van der Waals surface area contributed by atoms with Crippen LogP contribution in [0.4, 0.5) is 11.6 Å². The van der Waals surface area contributed by atoms with E-state index in [1.165, 1.54) is 6.33 Å². The highest BCUT2D eigenvalue weighted by Gasteiger charge is 2.12. The summed E-state index contributed by atoms with van der Waals surface area (Å²) in [5, 5.41) is 15.2. The number of hydrogen-bond donors (Lipinski definition) is 3. The predicted octanol–water partition coefficient (Wildman–Crippen LogP) is 1.35. The Hall–Kier alpha value is -1.56. The minimum atomic E-state index is 0.201. The summed E-state index contributed by atoms with van der Waals surface area (Å²) in [6.45, 7) is 5.78. The Morgan fingerprint density at radius 3 is 2.56 bits per heavy atom. The Labute approximate surface area is 108 Å². The summed E-state index contributed by atoms with van der Waals surface area (Å²) in [6, 6.07) is 0. The highest BCUT2D eigenvalue weighted by molar-refractivity contribution is 5.63. The summed E-state index contributed by atoms with van der Waals surface area (Å²) in [5.41, 5.74) is 0. The van der Waals surface area contributed by atoms with Crippen molar-refractivity contribution in [1.82, 2.24) is 9.97 Å². The molecule has 0 aliphatic carbocycles. The number of aliphatic hydroxyl groups is 1. The van der Waals surface area contributed by atoms with Crippen molar-refractivity contribution in [3.63, 3.8) is 0 Å². The molecule has 1 rings (SSSR count). The zero-order valence-electron chi connectivity index (χ0n) is 11.2. The van der Waals surface area contributed by atoms with Gasteiger partial charge >= 0.3 is 0 Å². The summed E-state index contributed by atoms with van der Waals surface area (Å²) in [4.78, 5) is 8.31. The topological polar surface area (TPSA) is 79.3 Å². The molecule has 0 saturated carbocycles. The molecule has 6 nitrogen and oxygen atoms in total. The molecule has 0 fully saturated rings. The molecule has 1 heterocycles. The van der Waals surface area contributed by atoms with Crippen molar-refractivity contribution in [3.8, 4) is 5.75 Å². The van der Waals surface area contributed by atoms with E-state index in [2.05, 4.69) is 27.5 Å². The number of methoxy groups -OCH3 is 1. The first-order valence-corrected chi connectivity index (χ1v) is 6.20. The van der Waals surface area contributed by atoms with E-state index in [9.17, 15) is 0 Å². The average Bonchev–Trinajstić information content (AvgIpc) is 2.37. The molecular formula is C12H22N4O2. The molecule has 1 aromatic heterocycles. The minimum absolute atomic E-state index is 0.201. The van der Waals surface area contributed by atoms with Crippen LogP contribution in [0.1, 0.15) is 20.3 Å². The number of anilines is 2. The second-order valence-corrected chi connectivity index (χ2v) is 4.13. The van der Waals surface area contributed by atoms with Crippen LogP contribution in [0.15, 0.2) is 6.33 Å². The standard InChI is InChI=1S/C12H22N4O2/c1-4-13-11-10(18-3)12(16-8-15-11)14-7-9(2)5-6-17/h8-9,17H,4-7H2,1-3H3,(H2,13,14,15,16). The van der Waals surface area contributed by atoms with Crippen LogP contribution < -0.4 is 15.4 Å². The minimum Gasteiger partial charge on any atom is -0.490 e. The maximum atomic E-state index is 8.86. The lowest BCUT2D eigenvalue weighted by Gasteiger charge is -2.15. The van der Waals surface area contributed by atoms with Crippen LogP contribution in [-0.2, 0) is 0 Å². The quantitative estimate of drug-likeness (QED) is 0.650. The van der Waals surface area contributed by atoms with Crippen LogP contribution in [0.5, 0.6) is 5.75 Å². The molecule has 1 atom stereocenters. The molecule has 0 aliphatic rings. The highest BCUT2D eigenvalue weighted by atomic mass is 16.5. The zero-order valence-corrected chi connectivity index (χ0v) is 11.2. The van der Waals surface area contributed by atoms with E-state index in [0.29, 0.717) is 23.3 Å². The maximum Gasteiger partial charge on any atom is 0.204 e. The van der Waals surface area contributed by atoms with E-state index in [1.54, 1.807) is 7.11 Å². The molecule has 0 aromatic carbocycles. The first kappa shape index (κ1) is 14.5. The lowest BCUT2D eigenvalue weighted by Crippen LogP contribution is -2.15. The van der Waals surface area contributed by atoms with Gasteiger partial charge in [-0.1, -0.05) is 6.92 Å². The zero-order chi connectivity index (χ0) is 13.4. The van der Waals surface area contributed by atoms with Gasteiger partial charge in [-0.05, 0) is 19.3 Å². The number of nitrogens with one attached hydrogen (secondary N) is 2. The number of ether oxygens (including phenoxy) is 1. The molecule has 1 unspecified atom stereocenters. The average molecular weight is 254 g/mol. The van der Waals surface area contributed by atoms with E-state index in [-0.39, 0.29) is 6.61 Å². The van der Waals surface area contributed by atoms with Crippen molar-refractivity contribution in [2.24, 2.45) is 5.92 Å². The number of hydrogen-bond acceptors (Lipinski definition) is 6. The van der Waals surface area contributed by atoms with Crippen LogP contribution in [0.3, 0.4) is 0 Å². The molecular weight excluding hydrogens is 232 g/mol. The van der Waals surface area contributed by atoms with Gasteiger partial charge in [0, 0.05) is 19.7 Å². The predicted molar refractivity (Wildman–Crippen MR) is 72.1 cm³/mol. The lowest BCUT2D eigenvalue weighted by atomic mass is 10.1. The highest BCUT2D eigenvalue weighted by Crippen LogP contribution is 2.28. The molecule has 1 aromatic rings. The summed E-state index contributed by atoms with van der Waals surface area (Å²) < 4.78 is 5.32. The van der Waals surface area contributed by atoms with Gasteiger partial charge in [0.2, 0.25) is 5.75 Å². The van der Waals surface area contributed by atoms with Crippen LogP contribution in [0, 0.1) is 5.92 Å². The van der Waals surface area contributed by atoms with Crippen LogP contribution in [0.25, 0.3) is 0 Å². The van der Waals surface area contributed by atoms with Crippen molar-refractivity contribution in [1.29, 1.82) is 0 Å². The fourth-order valence-corrected chi connectivity index (χ4v) is 1.58. The number of rotatable bonds is 8. The summed E-state index contributed by atoms with van der Waals surface area (Å²) in [7, 11) is 1.60. The van der Waals surface area contributed by atoms with E-state index < -0.39 is 0 Å². The fourth-order valence-electron chi connectivity index (χ4n) is 1.58. The number of aromatic nitrogens is 2. The Morgan fingerprint density at radius 2 is 2.00 bits per heavy atom. The summed E-state index contributed by atoms with van der Waals surface area (Å²) in [6.07, 6.45) is 2.26. The molecule has 0 bridgehead atoms. The van der Waals surface area contributed by atoms with Gasteiger partial charge in [-0.3, -0.25) is 0 Å². The summed E-state index contributed by atoms with van der Waals surface area (Å²) in [5.74, 6) is 2.35. The van der Waals surface area contributed by atoms with Crippen LogP contribution in [0.2, 0.25) is 0 Å². The Balaban J connectivity index is 2.72. The van der Waals surface area contributed by atoms with E-state index in [0.717, 1.165) is 19.5 Å². The Bertz CT molecular complexity index is 360. The molecule has 0 aliphatic heterocycles. The van der Waals surface area contributed by atoms with Gasteiger partial charge in [0.1, 0.15) is 6.33 Å². The SMILES string of the molecule is CCNc1ncnc(NCC(C)CCO)c1OC. The molecule has 3 N–H and O–H groups in total. The maximum absolute atomic E-state index is 8.86. The van der Waals surface area contributed by atoms with Crippen molar-refractivity contribution in [2.45, 2.75) is 20.3 Å². The van der Waals surface area contributed by atoms with Gasteiger partial charge in [0.15, 0.2) is 11.6 Å². The molecule has 6 heteroatoms. The third-order valence-electron chi connectivity index (χ3n) is 2.59. The van der Waals surface area contributed by atoms with E-state index in [1.807, 2.05) is 6.92 Å². The van der Waals surface area contributed by atoms with Crippen molar-refractivity contribution in [3.05, 3.63) is 6.33 Å². The fraction of sp³-hybridized carbons (Fsp3) is 0.667. The number of aliphatic hydroxyl groups excluding tert-OH is 1. The largest absolute Gasteiger partial charge is 0.490 e. The molecule has 0 amide bonds. The Kier molecular flexibility index (Phi) is 6.21. The monoisotopic (exact) mass is 254 g/mol. The summed E-state index contributed by atoms with van der Waals surface area (Å²) >= 11 is 0. The smallest absolute Gasteiger partial charge is 0.204 e. The van der Waals surface area contributed by atoms with Crippen LogP contribution >= 0.6 is 0 Å². The van der Waals surface area contributed by atoms with Crippen molar-refractivity contribution >= 4 is 11.6 Å². The van der Waals surface area contributed by atoms with E-state index in [4.69, 9.17) is 9.84 Å². The first-order chi connectivity index (χ1) is 8.72. The second kappa shape index (κ2) is 7.71. The lowest BCUT2D eigenvalue weighted by molar-refractivity contribution is 0.265. The Morgan fingerprint density at radius 1 is 1.33 bits per heavy atom. The van der Waals surface area contributed by atoms with Crippen molar-refractivity contribution < 1.29 is 9.84 Å². The molecule has 0 saturated heterocycles. The van der Waals surface area contributed by atoms with Gasteiger partial charge in [-0.25, -0.2) is 9.97 Å². The third kappa shape index (κ3) is 4.03. The normalized spacial score (nSPS) is 12.0.